The van der Waals surface area contributed by atoms with Gasteiger partial charge in [-0.25, -0.2) is 0 Å². The van der Waals surface area contributed by atoms with E-state index in [1.807, 2.05) is 50.5 Å². The maximum absolute atomic E-state index is 12.3. The highest BCUT2D eigenvalue weighted by Gasteiger charge is 2.11. The number of fused-ring (bicyclic) bond motifs is 1. The van der Waals surface area contributed by atoms with Crippen LogP contribution in [0.3, 0.4) is 0 Å². The summed E-state index contributed by atoms with van der Waals surface area (Å²) in [5.74, 6) is 0.0556. The van der Waals surface area contributed by atoms with Crippen molar-refractivity contribution >= 4 is 32.6 Å². The number of carbonyl (C=O) groups is 1. The largest absolute Gasteiger partial charge is 0.340 e. The van der Waals surface area contributed by atoms with Crippen LogP contribution in [-0.4, -0.2) is 38.0 Å². The highest BCUT2D eigenvalue weighted by molar-refractivity contribution is 9.10. The Kier molecular flexibility index (Phi) is 4.56. The molecule has 0 saturated heterocycles. The summed E-state index contributed by atoms with van der Waals surface area (Å²) in [5.41, 5.74) is 0.730. The maximum Gasteiger partial charge on any atom is 0.253 e. The lowest BCUT2D eigenvalue weighted by Gasteiger charge is -2.17. The normalized spacial score (nSPS) is 10.7. The van der Waals surface area contributed by atoms with E-state index in [0.29, 0.717) is 6.54 Å². The van der Waals surface area contributed by atoms with Crippen molar-refractivity contribution in [1.82, 2.24) is 10.2 Å². The van der Waals surface area contributed by atoms with E-state index in [2.05, 4.69) is 21.2 Å². The van der Waals surface area contributed by atoms with Gasteiger partial charge >= 0.3 is 0 Å². The van der Waals surface area contributed by atoms with Crippen LogP contribution in [0, 0.1) is 0 Å². The van der Waals surface area contributed by atoms with Crippen molar-refractivity contribution in [2.75, 3.05) is 27.2 Å². The van der Waals surface area contributed by atoms with E-state index in [-0.39, 0.29) is 5.91 Å². The van der Waals surface area contributed by atoms with Crippen molar-refractivity contribution in [3.8, 4) is 0 Å². The standard InChI is InChI=1S/C15H17BrN2O/c1-17-7-8-18(2)15(19)13-4-3-12-10-14(16)6-5-11(12)9-13/h3-6,9-10,17H,7-8H2,1-2H3. The molecule has 0 radical (unpaired) electrons. The molecule has 2 aromatic rings. The Morgan fingerprint density at radius 1 is 1.21 bits per heavy atom. The highest BCUT2D eigenvalue weighted by Crippen LogP contribution is 2.21. The van der Waals surface area contributed by atoms with Crippen LogP contribution in [0.1, 0.15) is 10.4 Å². The molecule has 4 heteroatoms. The smallest absolute Gasteiger partial charge is 0.253 e. The first-order chi connectivity index (χ1) is 9.11. The van der Waals surface area contributed by atoms with Gasteiger partial charge in [0.2, 0.25) is 0 Å². The molecule has 2 rings (SSSR count). The number of carbonyl (C=O) groups excluding carboxylic acids is 1. The summed E-state index contributed by atoms with van der Waals surface area (Å²) < 4.78 is 1.05. The molecule has 0 bridgehead atoms. The molecule has 1 amide bonds. The Labute approximate surface area is 121 Å². The summed E-state index contributed by atoms with van der Waals surface area (Å²) >= 11 is 3.45. The molecule has 0 aliphatic rings. The van der Waals surface area contributed by atoms with Gasteiger partial charge in [-0.3, -0.25) is 4.79 Å². The minimum absolute atomic E-state index is 0.0556. The van der Waals surface area contributed by atoms with Gasteiger partial charge in [-0.1, -0.05) is 28.1 Å². The Morgan fingerprint density at radius 2 is 1.89 bits per heavy atom. The third-order valence-corrected chi connectivity index (χ3v) is 3.59. The summed E-state index contributed by atoms with van der Waals surface area (Å²) in [5, 5.41) is 5.25. The lowest BCUT2D eigenvalue weighted by Crippen LogP contribution is -2.32. The van der Waals surface area contributed by atoms with Crippen molar-refractivity contribution in [3.63, 3.8) is 0 Å². The molecule has 0 spiro atoms. The molecule has 0 unspecified atom stereocenters. The van der Waals surface area contributed by atoms with E-state index in [0.717, 1.165) is 27.4 Å². The Morgan fingerprint density at radius 3 is 2.63 bits per heavy atom. The third-order valence-electron chi connectivity index (χ3n) is 3.09. The number of nitrogens with zero attached hydrogens (tertiary/aromatic N) is 1. The molecular weight excluding hydrogens is 304 g/mol. The molecular formula is C15H17BrN2O. The second kappa shape index (κ2) is 6.17. The third kappa shape index (κ3) is 3.33. The highest BCUT2D eigenvalue weighted by atomic mass is 79.9. The number of hydrogen-bond acceptors (Lipinski definition) is 2. The second-order valence-electron chi connectivity index (χ2n) is 4.54. The summed E-state index contributed by atoms with van der Waals surface area (Å²) in [4.78, 5) is 14.0. The van der Waals surface area contributed by atoms with Crippen LogP contribution in [0.5, 0.6) is 0 Å². The van der Waals surface area contributed by atoms with Gasteiger partial charge in [-0.15, -0.1) is 0 Å². The summed E-state index contributed by atoms with van der Waals surface area (Å²) in [6.07, 6.45) is 0. The Balaban J connectivity index is 2.25. The van der Waals surface area contributed by atoms with Crippen LogP contribution in [-0.2, 0) is 0 Å². The van der Waals surface area contributed by atoms with Crippen LogP contribution in [0.25, 0.3) is 10.8 Å². The van der Waals surface area contributed by atoms with E-state index in [1.165, 1.54) is 0 Å². The monoisotopic (exact) mass is 320 g/mol. The van der Waals surface area contributed by atoms with Crippen LogP contribution >= 0.6 is 15.9 Å². The van der Waals surface area contributed by atoms with Crippen molar-refractivity contribution < 1.29 is 4.79 Å². The molecule has 0 aromatic heterocycles. The van der Waals surface area contributed by atoms with Gasteiger partial charge in [-0.05, 0) is 42.1 Å². The fourth-order valence-corrected chi connectivity index (χ4v) is 2.33. The number of hydrogen-bond donors (Lipinski definition) is 1. The van der Waals surface area contributed by atoms with Gasteiger partial charge < -0.3 is 10.2 Å². The molecule has 0 heterocycles. The van der Waals surface area contributed by atoms with Gasteiger partial charge in [0, 0.05) is 30.2 Å². The molecule has 0 aliphatic carbocycles. The maximum atomic E-state index is 12.3. The Bertz CT molecular complexity index is 598. The number of likely N-dealkylation sites (N-methyl/N-ethyl adjacent to an activating group) is 2. The zero-order valence-corrected chi connectivity index (χ0v) is 12.7. The van der Waals surface area contributed by atoms with E-state index in [1.54, 1.807) is 4.90 Å². The number of amides is 1. The van der Waals surface area contributed by atoms with E-state index < -0.39 is 0 Å². The van der Waals surface area contributed by atoms with Gasteiger partial charge in [-0.2, -0.15) is 0 Å². The molecule has 0 fully saturated rings. The number of benzene rings is 2. The number of halogens is 1. The lowest BCUT2D eigenvalue weighted by molar-refractivity contribution is 0.0797. The van der Waals surface area contributed by atoms with Crippen LogP contribution in [0.2, 0.25) is 0 Å². The summed E-state index contributed by atoms with van der Waals surface area (Å²) in [6.45, 7) is 1.50. The fraction of sp³-hybridized carbons (Fsp3) is 0.267. The first kappa shape index (κ1) is 14.0. The average molecular weight is 321 g/mol. The zero-order valence-electron chi connectivity index (χ0n) is 11.1. The van der Waals surface area contributed by atoms with Crippen molar-refractivity contribution in [1.29, 1.82) is 0 Å². The van der Waals surface area contributed by atoms with Crippen LogP contribution < -0.4 is 5.32 Å². The van der Waals surface area contributed by atoms with Gasteiger partial charge in [0.15, 0.2) is 0 Å². The quantitative estimate of drug-likeness (QED) is 0.939. The van der Waals surface area contributed by atoms with E-state index in [4.69, 9.17) is 0 Å². The van der Waals surface area contributed by atoms with Gasteiger partial charge in [0.05, 0.1) is 0 Å². The van der Waals surface area contributed by atoms with Gasteiger partial charge in [0.25, 0.3) is 5.91 Å². The second-order valence-corrected chi connectivity index (χ2v) is 5.45. The minimum Gasteiger partial charge on any atom is -0.340 e. The molecule has 0 saturated carbocycles. The Hall–Kier alpha value is -1.39. The number of rotatable bonds is 4. The average Bonchev–Trinajstić information content (AvgIpc) is 2.43. The molecule has 0 aliphatic heterocycles. The minimum atomic E-state index is 0.0556. The summed E-state index contributed by atoms with van der Waals surface area (Å²) in [7, 11) is 3.71. The molecule has 2 aromatic carbocycles. The molecule has 3 nitrogen and oxygen atoms in total. The predicted molar refractivity (Wildman–Crippen MR) is 82.5 cm³/mol. The van der Waals surface area contributed by atoms with Crippen LogP contribution in [0.15, 0.2) is 40.9 Å². The molecule has 100 valence electrons. The zero-order chi connectivity index (χ0) is 13.8. The fourth-order valence-electron chi connectivity index (χ4n) is 1.95. The molecule has 0 atom stereocenters. The van der Waals surface area contributed by atoms with Crippen molar-refractivity contribution in [3.05, 3.63) is 46.4 Å². The lowest BCUT2D eigenvalue weighted by atomic mass is 10.1. The van der Waals surface area contributed by atoms with E-state index in [9.17, 15) is 4.79 Å². The van der Waals surface area contributed by atoms with Crippen LogP contribution in [0.4, 0.5) is 0 Å². The van der Waals surface area contributed by atoms with Crippen molar-refractivity contribution in [2.24, 2.45) is 0 Å². The molecule has 1 N–H and O–H groups in total. The molecule has 19 heavy (non-hydrogen) atoms. The first-order valence-electron chi connectivity index (χ1n) is 6.21. The van der Waals surface area contributed by atoms with Gasteiger partial charge in [0.1, 0.15) is 0 Å². The topological polar surface area (TPSA) is 32.3 Å². The van der Waals surface area contributed by atoms with Crippen molar-refractivity contribution in [2.45, 2.75) is 0 Å². The first-order valence-corrected chi connectivity index (χ1v) is 7.00. The summed E-state index contributed by atoms with van der Waals surface area (Å²) in [6, 6.07) is 11.9. The number of nitrogens with one attached hydrogen (secondary N) is 1. The SMILES string of the molecule is CNCCN(C)C(=O)c1ccc2cc(Br)ccc2c1. The predicted octanol–water partition coefficient (Wildman–Crippen LogP) is 2.89. The van der Waals surface area contributed by atoms with E-state index >= 15 is 0 Å².